The molecule has 0 bridgehead atoms. The van der Waals surface area contributed by atoms with Crippen LogP contribution in [-0.4, -0.2) is 50.3 Å². The maximum Gasteiger partial charge on any atom is 0.0594 e. The second-order valence-corrected chi connectivity index (χ2v) is 3.29. The molecule has 0 aromatic heterocycles. The summed E-state index contributed by atoms with van der Waals surface area (Å²) in [7, 11) is 0. The Morgan fingerprint density at radius 3 is 2.58 bits per heavy atom. The SMILES string of the molecule is C1C[C@@H](N2CCOCC2)CN1.Cl. The molecule has 0 saturated carbocycles. The highest BCUT2D eigenvalue weighted by Gasteiger charge is 2.23. The van der Waals surface area contributed by atoms with Crippen LogP contribution in [0.25, 0.3) is 0 Å². The Kier molecular flexibility index (Phi) is 4.29. The van der Waals surface area contributed by atoms with E-state index >= 15 is 0 Å². The standard InChI is InChI=1S/C8H16N2O.ClH/c1-2-9-7-8(1)10-3-5-11-6-4-10;/h8-9H,1-7H2;1H/t8-;/m1./s1. The molecule has 1 N–H and O–H groups in total. The molecule has 0 aliphatic carbocycles. The van der Waals surface area contributed by atoms with Crippen molar-refractivity contribution in [2.45, 2.75) is 12.5 Å². The first-order valence-electron chi connectivity index (χ1n) is 4.49. The number of ether oxygens (including phenoxy) is 1. The molecule has 2 fully saturated rings. The summed E-state index contributed by atoms with van der Waals surface area (Å²) in [6.07, 6.45) is 1.32. The highest BCUT2D eigenvalue weighted by Crippen LogP contribution is 2.09. The lowest BCUT2D eigenvalue weighted by Crippen LogP contribution is -2.44. The van der Waals surface area contributed by atoms with E-state index in [1.807, 2.05) is 0 Å². The number of rotatable bonds is 1. The Labute approximate surface area is 79.9 Å². The smallest absolute Gasteiger partial charge is 0.0594 e. The van der Waals surface area contributed by atoms with Crippen molar-refractivity contribution in [2.24, 2.45) is 0 Å². The van der Waals surface area contributed by atoms with Gasteiger partial charge in [-0.3, -0.25) is 4.90 Å². The Bertz CT molecular complexity index is 122. The maximum atomic E-state index is 5.30. The van der Waals surface area contributed by atoms with Crippen molar-refractivity contribution < 1.29 is 4.74 Å². The topological polar surface area (TPSA) is 24.5 Å². The Morgan fingerprint density at radius 2 is 2.00 bits per heavy atom. The van der Waals surface area contributed by atoms with E-state index < -0.39 is 0 Å². The van der Waals surface area contributed by atoms with Crippen LogP contribution in [0.15, 0.2) is 0 Å². The van der Waals surface area contributed by atoms with Crippen LogP contribution in [0, 0.1) is 0 Å². The first-order chi connectivity index (χ1) is 5.47. The number of hydrogen-bond donors (Lipinski definition) is 1. The molecule has 0 aromatic carbocycles. The number of morpholine rings is 1. The average Bonchev–Trinajstić information content (AvgIpc) is 2.58. The van der Waals surface area contributed by atoms with Gasteiger partial charge in [0.2, 0.25) is 0 Å². The van der Waals surface area contributed by atoms with Crippen LogP contribution in [0.1, 0.15) is 6.42 Å². The van der Waals surface area contributed by atoms with Gasteiger partial charge in [0, 0.05) is 25.7 Å². The molecular weight excluding hydrogens is 176 g/mol. The average molecular weight is 193 g/mol. The molecule has 2 saturated heterocycles. The second kappa shape index (κ2) is 5.02. The zero-order chi connectivity index (χ0) is 7.52. The molecule has 0 unspecified atom stereocenters. The van der Waals surface area contributed by atoms with Crippen molar-refractivity contribution in [2.75, 3.05) is 39.4 Å². The summed E-state index contributed by atoms with van der Waals surface area (Å²) in [6.45, 7) is 6.49. The normalized spacial score (nSPS) is 31.5. The lowest BCUT2D eigenvalue weighted by atomic mass is 10.2. The lowest BCUT2D eigenvalue weighted by Gasteiger charge is -2.31. The lowest BCUT2D eigenvalue weighted by molar-refractivity contribution is 0.0206. The number of nitrogens with zero attached hydrogens (tertiary/aromatic N) is 1. The zero-order valence-electron chi connectivity index (χ0n) is 7.29. The van der Waals surface area contributed by atoms with Crippen molar-refractivity contribution >= 4 is 12.4 Å². The summed E-state index contributed by atoms with van der Waals surface area (Å²) in [5.74, 6) is 0. The van der Waals surface area contributed by atoms with Gasteiger partial charge in [-0.2, -0.15) is 0 Å². The predicted octanol–water partition coefficient (Wildman–Crippen LogP) is 0.102. The summed E-state index contributed by atoms with van der Waals surface area (Å²) in [4.78, 5) is 2.55. The molecule has 12 heavy (non-hydrogen) atoms. The highest BCUT2D eigenvalue weighted by molar-refractivity contribution is 5.85. The van der Waals surface area contributed by atoms with Crippen LogP contribution in [0.3, 0.4) is 0 Å². The first-order valence-corrected chi connectivity index (χ1v) is 4.49. The number of hydrogen-bond acceptors (Lipinski definition) is 3. The molecule has 0 spiro atoms. The molecule has 2 rings (SSSR count). The minimum Gasteiger partial charge on any atom is -0.379 e. The van der Waals surface area contributed by atoms with E-state index in [2.05, 4.69) is 10.2 Å². The summed E-state index contributed by atoms with van der Waals surface area (Å²) < 4.78 is 5.30. The highest BCUT2D eigenvalue weighted by atomic mass is 35.5. The van der Waals surface area contributed by atoms with Gasteiger partial charge in [-0.25, -0.2) is 0 Å². The molecule has 3 nitrogen and oxygen atoms in total. The van der Waals surface area contributed by atoms with E-state index in [4.69, 9.17) is 4.74 Å². The summed E-state index contributed by atoms with van der Waals surface area (Å²) in [5, 5.41) is 3.39. The third kappa shape index (κ3) is 2.33. The van der Waals surface area contributed by atoms with Crippen LogP contribution >= 0.6 is 12.4 Å². The van der Waals surface area contributed by atoms with Crippen LogP contribution in [0.2, 0.25) is 0 Å². The Balaban J connectivity index is 0.000000720. The Hall–Kier alpha value is 0.170. The van der Waals surface area contributed by atoms with Crippen LogP contribution < -0.4 is 5.32 Å². The zero-order valence-corrected chi connectivity index (χ0v) is 8.11. The van der Waals surface area contributed by atoms with Gasteiger partial charge in [-0.1, -0.05) is 0 Å². The first kappa shape index (κ1) is 10.3. The van der Waals surface area contributed by atoms with Gasteiger partial charge in [0.05, 0.1) is 13.2 Å². The largest absolute Gasteiger partial charge is 0.379 e. The van der Waals surface area contributed by atoms with E-state index in [1.165, 1.54) is 19.5 Å². The van der Waals surface area contributed by atoms with Crippen molar-refractivity contribution in [3.63, 3.8) is 0 Å². The van der Waals surface area contributed by atoms with Crippen molar-refractivity contribution in [3.05, 3.63) is 0 Å². The van der Waals surface area contributed by atoms with E-state index in [0.717, 1.165) is 32.3 Å². The van der Waals surface area contributed by atoms with Crippen LogP contribution in [0.4, 0.5) is 0 Å². The maximum absolute atomic E-state index is 5.30. The van der Waals surface area contributed by atoms with Gasteiger partial charge in [-0.05, 0) is 13.0 Å². The number of halogens is 1. The van der Waals surface area contributed by atoms with Gasteiger partial charge in [-0.15, -0.1) is 12.4 Å². The fraction of sp³-hybridized carbons (Fsp3) is 1.00. The summed E-state index contributed by atoms with van der Waals surface area (Å²) in [6, 6.07) is 0.791. The summed E-state index contributed by atoms with van der Waals surface area (Å²) >= 11 is 0. The van der Waals surface area contributed by atoms with E-state index in [1.54, 1.807) is 0 Å². The van der Waals surface area contributed by atoms with Gasteiger partial charge in [0.15, 0.2) is 0 Å². The van der Waals surface area contributed by atoms with E-state index in [0.29, 0.717) is 0 Å². The third-order valence-corrected chi connectivity index (χ3v) is 2.60. The third-order valence-electron chi connectivity index (χ3n) is 2.60. The van der Waals surface area contributed by atoms with Crippen molar-refractivity contribution in [1.82, 2.24) is 10.2 Å². The number of nitrogens with one attached hydrogen (secondary N) is 1. The van der Waals surface area contributed by atoms with Gasteiger partial charge in [0.25, 0.3) is 0 Å². The molecule has 4 heteroatoms. The molecule has 0 aromatic rings. The molecule has 0 radical (unpaired) electrons. The van der Waals surface area contributed by atoms with Crippen molar-refractivity contribution in [1.29, 1.82) is 0 Å². The fourth-order valence-corrected chi connectivity index (χ4v) is 1.89. The van der Waals surface area contributed by atoms with Gasteiger partial charge in [0.1, 0.15) is 0 Å². The molecule has 2 heterocycles. The molecule has 2 aliphatic heterocycles. The molecular formula is C8H17ClN2O. The Morgan fingerprint density at radius 1 is 1.25 bits per heavy atom. The second-order valence-electron chi connectivity index (χ2n) is 3.29. The quantitative estimate of drug-likeness (QED) is 0.638. The van der Waals surface area contributed by atoms with Crippen LogP contribution in [0.5, 0.6) is 0 Å². The monoisotopic (exact) mass is 192 g/mol. The van der Waals surface area contributed by atoms with Crippen molar-refractivity contribution in [3.8, 4) is 0 Å². The molecule has 2 aliphatic rings. The molecule has 72 valence electrons. The molecule has 1 atom stereocenters. The van der Waals surface area contributed by atoms with Gasteiger partial charge >= 0.3 is 0 Å². The predicted molar refractivity (Wildman–Crippen MR) is 50.9 cm³/mol. The van der Waals surface area contributed by atoms with Gasteiger partial charge < -0.3 is 10.1 Å². The summed E-state index contributed by atoms with van der Waals surface area (Å²) in [5.41, 5.74) is 0. The minimum atomic E-state index is 0. The van der Waals surface area contributed by atoms with E-state index in [9.17, 15) is 0 Å². The fourth-order valence-electron chi connectivity index (χ4n) is 1.89. The minimum absolute atomic E-state index is 0. The van der Waals surface area contributed by atoms with E-state index in [-0.39, 0.29) is 12.4 Å². The molecule has 0 amide bonds. The van der Waals surface area contributed by atoms with Crippen LogP contribution in [-0.2, 0) is 4.74 Å².